The lowest BCUT2D eigenvalue weighted by atomic mass is 10.0. The van der Waals surface area contributed by atoms with Gasteiger partial charge in [0.05, 0.1) is 23.8 Å². The predicted molar refractivity (Wildman–Crippen MR) is 140 cm³/mol. The minimum Gasteiger partial charge on any atom is -0.339 e. The molecule has 0 aliphatic carbocycles. The van der Waals surface area contributed by atoms with Crippen LogP contribution < -0.4 is 10.4 Å². The molecule has 2 amide bonds. The third kappa shape index (κ3) is 6.09. The number of hydrogen-bond donors (Lipinski definition) is 1. The van der Waals surface area contributed by atoms with Crippen LogP contribution in [-0.2, 0) is 6.54 Å². The molecule has 0 bridgehead atoms. The second-order valence-corrected chi connectivity index (χ2v) is 9.73. The average Bonchev–Trinajstić information content (AvgIpc) is 3.42. The van der Waals surface area contributed by atoms with E-state index < -0.39 is 11.7 Å². The Kier molecular flexibility index (Phi) is 8.66. The number of halogens is 1. The number of likely N-dealkylation sites (tertiary alicyclic amines) is 1. The number of nitrogens with one attached hydrogen (secondary N) is 1. The number of hydrogen-bond acceptors (Lipinski definition) is 6. The van der Waals surface area contributed by atoms with Gasteiger partial charge in [-0.2, -0.15) is 0 Å². The molecule has 3 aromatic rings. The fourth-order valence-corrected chi connectivity index (χ4v) is 5.16. The van der Waals surface area contributed by atoms with Gasteiger partial charge in [-0.25, -0.2) is 9.37 Å². The van der Waals surface area contributed by atoms with Crippen molar-refractivity contribution in [1.29, 1.82) is 0 Å². The van der Waals surface area contributed by atoms with Gasteiger partial charge in [-0.3, -0.25) is 24.9 Å². The second-order valence-electron chi connectivity index (χ2n) is 8.75. The maximum Gasteiger partial charge on any atom is 0.272 e. The number of anilines is 1. The van der Waals surface area contributed by atoms with Gasteiger partial charge in [0.1, 0.15) is 10.8 Å². The molecule has 0 unspecified atom stereocenters. The lowest BCUT2D eigenvalue weighted by Gasteiger charge is -2.39. The lowest BCUT2D eigenvalue weighted by molar-refractivity contribution is 0.0772. The Morgan fingerprint density at radius 3 is 2.39 bits per heavy atom. The van der Waals surface area contributed by atoms with Crippen molar-refractivity contribution in [2.75, 3.05) is 31.2 Å². The zero-order chi connectivity index (χ0) is 25.5. The quantitative estimate of drug-likeness (QED) is 0.428. The van der Waals surface area contributed by atoms with Crippen LogP contribution in [0, 0.1) is 5.82 Å². The van der Waals surface area contributed by atoms with Gasteiger partial charge in [0.25, 0.3) is 11.8 Å². The smallest absolute Gasteiger partial charge is 0.272 e. The molecular formula is C27H32FN5O2S. The van der Waals surface area contributed by atoms with Gasteiger partial charge < -0.3 is 4.90 Å². The van der Waals surface area contributed by atoms with E-state index in [2.05, 4.69) is 15.3 Å². The van der Waals surface area contributed by atoms with E-state index in [1.807, 2.05) is 42.6 Å². The van der Waals surface area contributed by atoms with Gasteiger partial charge >= 0.3 is 0 Å². The number of piperidine rings is 1. The number of benzene rings is 2. The number of aromatic nitrogens is 1. The van der Waals surface area contributed by atoms with Crippen molar-refractivity contribution >= 4 is 28.8 Å². The Labute approximate surface area is 215 Å². The van der Waals surface area contributed by atoms with Crippen LogP contribution in [0.1, 0.15) is 52.4 Å². The van der Waals surface area contributed by atoms with E-state index in [4.69, 9.17) is 0 Å². The fraction of sp³-hybridized carbons (Fsp3) is 0.370. The predicted octanol–water partition coefficient (Wildman–Crippen LogP) is 4.58. The molecule has 36 heavy (non-hydrogen) atoms. The molecule has 0 atom stereocenters. The highest BCUT2D eigenvalue weighted by Gasteiger charge is 2.28. The molecule has 1 aliphatic heterocycles. The molecule has 0 spiro atoms. The minimum atomic E-state index is -0.562. The van der Waals surface area contributed by atoms with Crippen LogP contribution in [0.15, 0.2) is 60.1 Å². The van der Waals surface area contributed by atoms with Crippen molar-refractivity contribution in [1.82, 2.24) is 20.2 Å². The van der Waals surface area contributed by atoms with Crippen molar-refractivity contribution in [3.05, 3.63) is 82.1 Å². The first kappa shape index (κ1) is 25.8. The minimum absolute atomic E-state index is 0.00274. The molecule has 1 aliphatic rings. The van der Waals surface area contributed by atoms with E-state index >= 15 is 0 Å². The van der Waals surface area contributed by atoms with E-state index in [0.29, 0.717) is 18.7 Å². The summed E-state index contributed by atoms with van der Waals surface area (Å²) in [4.78, 5) is 34.3. The van der Waals surface area contributed by atoms with Gasteiger partial charge in [-0.15, -0.1) is 11.3 Å². The van der Waals surface area contributed by atoms with Crippen molar-refractivity contribution in [3.63, 3.8) is 0 Å². The molecule has 7 nitrogen and oxygen atoms in total. The van der Waals surface area contributed by atoms with Crippen molar-refractivity contribution in [2.24, 2.45) is 0 Å². The molecule has 1 aromatic heterocycles. The Balaban J connectivity index is 1.52. The standard InChI is InChI=1S/C27H32FN5O2S/c1-3-32(4-2)27(35)20-9-11-21(12-10-20)33(30-26(34)23-7-5-6-8-24(23)28)22-13-16-31(17-14-22)19-25-29-15-18-36-25/h5-12,15,18,22H,3-4,13-14,16-17,19H2,1-2H3,(H,30,34). The summed E-state index contributed by atoms with van der Waals surface area (Å²) in [5.74, 6) is -1.08. The Morgan fingerprint density at radius 2 is 1.78 bits per heavy atom. The van der Waals surface area contributed by atoms with E-state index in [9.17, 15) is 14.0 Å². The van der Waals surface area contributed by atoms with Crippen LogP contribution >= 0.6 is 11.3 Å². The number of rotatable bonds is 9. The largest absolute Gasteiger partial charge is 0.339 e. The summed E-state index contributed by atoms with van der Waals surface area (Å²) in [6.45, 7) is 7.72. The van der Waals surface area contributed by atoms with Crippen LogP contribution in [0.25, 0.3) is 0 Å². The molecule has 9 heteroatoms. The third-order valence-corrected chi connectivity index (χ3v) is 7.31. The summed E-state index contributed by atoms with van der Waals surface area (Å²) < 4.78 is 14.3. The summed E-state index contributed by atoms with van der Waals surface area (Å²) in [5.41, 5.74) is 4.30. The van der Waals surface area contributed by atoms with Crippen LogP contribution in [0.4, 0.5) is 10.1 Å². The van der Waals surface area contributed by atoms with Crippen molar-refractivity contribution in [2.45, 2.75) is 39.3 Å². The van der Waals surface area contributed by atoms with E-state index in [1.54, 1.807) is 40.5 Å². The summed E-state index contributed by atoms with van der Waals surface area (Å²) in [6.07, 6.45) is 3.47. The molecule has 2 heterocycles. The SMILES string of the molecule is CCN(CC)C(=O)c1ccc(N(NC(=O)c2ccccc2F)C2CCN(Cc3nccs3)CC2)cc1. The van der Waals surface area contributed by atoms with Crippen LogP contribution in [-0.4, -0.2) is 58.8 Å². The highest BCUT2D eigenvalue weighted by molar-refractivity contribution is 7.09. The van der Waals surface area contributed by atoms with Gasteiger partial charge in [0.2, 0.25) is 0 Å². The number of carbonyl (C=O) groups excluding carboxylic acids is 2. The van der Waals surface area contributed by atoms with Gasteiger partial charge in [-0.05, 0) is 63.1 Å². The molecule has 0 saturated carbocycles. The van der Waals surface area contributed by atoms with Crippen LogP contribution in [0.3, 0.4) is 0 Å². The lowest BCUT2D eigenvalue weighted by Crippen LogP contribution is -2.53. The zero-order valence-electron chi connectivity index (χ0n) is 20.7. The maximum absolute atomic E-state index is 14.3. The first-order chi connectivity index (χ1) is 17.5. The van der Waals surface area contributed by atoms with Crippen molar-refractivity contribution < 1.29 is 14.0 Å². The van der Waals surface area contributed by atoms with Gasteiger partial charge in [0, 0.05) is 43.3 Å². The molecule has 1 N–H and O–H groups in total. The number of hydrazine groups is 1. The molecule has 190 valence electrons. The van der Waals surface area contributed by atoms with E-state index in [1.165, 1.54) is 12.1 Å². The first-order valence-corrected chi connectivity index (χ1v) is 13.2. The summed E-state index contributed by atoms with van der Waals surface area (Å²) in [5, 5.41) is 4.91. The Hall–Kier alpha value is -3.30. The second kappa shape index (κ2) is 12.1. The van der Waals surface area contributed by atoms with Gasteiger partial charge in [-0.1, -0.05) is 12.1 Å². The highest BCUT2D eigenvalue weighted by atomic mass is 32.1. The molecule has 2 aromatic carbocycles. The fourth-order valence-electron chi connectivity index (χ4n) is 4.50. The molecule has 4 rings (SSSR count). The topological polar surface area (TPSA) is 68.8 Å². The normalized spacial score (nSPS) is 14.4. The molecule has 1 saturated heterocycles. The van der Waals surface area contributed by atoms with E-state index in [0.717, 1.165) is 43.2 Å². The molecule has 0 radical (unpaired) electrons. The Bertz CT molecular complexity index is 1140. The summed E-state index contributed by atoms with van der Waals surface area (Å²) in [6, 6.07) is 13.3. The number of nitrogens with zero attached hydrogens (tertiary/aromatic N) is 4. The van der Waals surface area contributed by atoms with Crippen LogP contribution in [0.2, 0.25) is 0 Å². The monoisotopic (exact) mass is 509 g/mol. The average molecular weight is 510 g/mol. The third-order valence-electron chi connectivity index (χ3n) is 6.55. The van der Waals surface area contributed by atoms with Gasteiger partial charge in [0.15, 0.2) is 0 Å². The van der Waals surface area contributed by atoms with Crippen LogP contribution in [0.5, 0.6) is 0 Å². The maximum atomic E-state index is 14.3. The van der Waals surface area contributed by atoms with E-state index in [-0.39, 0.29) is 17.5 Å². The number of thiazole rings is 1. The summed E-state index contributed by atoms with van der Waals surface area (Å²) in [7, 11) is 0. The molecular weight excluding hydrogens is 477 g/mol. The summed E-state index contributed by atoms with van der Waals surface area (Å²) >= 11 is 1.65. The molecule has 1 fully saturated rings. The number of amides is 2. The first-order valence-electron chi connectivity index (χ1n) is 12.3. The zero-order valence-corrected chi connectivity index (χ0v) is 21.5. The van der Waals surface area contributed by atoms with Crippen molar-refractivity contribution in [3.8, 4) is 0 Å². The highest BCUT2D eigenvalue weighted by Crippen LogP contribution is 2.25. The Morgan fingerprint density at radius 1 is 1.08 bits per heavy atom. The number of carbonyl (C=O) groups is 2.